The first-order valence-electron chi connectivity index (χ1n) is 6.17. The van der Waals surface area contributed by atoms with E-state index in [0.717, 1.165) is 29.1 Å². The van der Waals surface area contributed by atoms with Gasteiger partial charge in [-0.05, 0) is 31.9 Å². The van der Waals surface area contributed by atoms with E-state index in [1.807, 2.05) is 31.2 Å². The second-order valence-electron chi connectivity index (χ2n) is 4.77. The van der Waals surface area contributed by atoms with Gasteiger partial charge in [0, 0.05) is 22.7 Å². The third kappa shape index (κ3) is 2.16. The van der Waals surface area contributed by atoms with E-state index < -0.39 is 0 Å². The standard InChI is InChI=1S/C15H14N2O/c1-10-7-14(17-15(16-10)12-5-6-12)13-4-2-3-11(8-13)9-18/h2-4,7-9,12H,5-6H2,1H3. The van der Waals surface area contributed by atoms with E-state index >= 15 is 0 Å². The van der Waals surface area contributed by atoms with E-state index in [4.69, 9.17) is 0 Å². The predicted octanol–water partition coefficient (Wildman–Crippen LogP) is 3.14. The second-order valence-corrected chi connectivity index (χ2v) is 4.77. The van der Waals surface area contributed by atoms with Crippen molar-refractivity contribution in [1.29, 1.82) is 0 Å². The predicted molar refractivity (Wildman–Crippen MR) is 69.6 cm³/mol. The van der Waals surface area contributed by atoms with Crippen molar-refractivity contribution in [3.8, 4) is 11.3 Å². The summed E-state index contributed by atoms with van der Waals surface area (Å²) in [7, 11) is 0. The highest BCUT2D eigenvalue weighted by atomic mass is 16.1. The van der Waals surface area contributed by atoms with Crippen LogP contribution in [0.15, 0.2) is 30.3 Å². The molecule has 1 aliphatic rings. The van der Waals surface area contributed by atoms with Gasteiger partial charge in [0.1, 0.15) is 12.1 Å². The maximum Gasteiger partial charge on any atom is 0.150 e. The second kappa shape index (κ2) is 4.33. The molecule has 0 saturated heterocycles. The molecule has 3 heteroatoms. The summed E-state index contributed by atoms with van der Waals surface area (Å²) in [4.78, 5) is 19.9. The van der Waals surface area contributed by atoms with E-state index in [2.05, 4.69) is 9.97 Å². The Morgan fingerprint density at radius 1 is 1.22 bits per heavy atom. The van der Waals surface area contributed by atoms with Gasteiger partial charge in [-0.25, -0.2) is 9.97 Å². The third-order valence-electron chi connectivity index (χ3n) is 3.13. The average Bonchev–Trinajstić information content (AvgIpc) is 3.22. The van der Waals surface area contributed by atoms with Gasteiger partial charge in [-0.15, -0.1) is 0 Å². The molecule has 2 aromatic rings. The van der Waals surface area contributed by atoms with E-state index in [9.17, 15) is 4.79 Å². The molecule has 1 aromatic heterocycles. The van der Waals surface area contributed by atoms with Crippen LogP contribution >= 0.6 is 0 Å². The lowest BCUT2D eigenvalue weighted by Gasteiger charge is -2.06. The number of nitrogens with zero attached hydrogens (tertiary/aromatic N) is 2. The first-order chi connectivity index (χ1) is 8.76. The molecular weight excluding hydrogens is 224 g/mol. The maximum atomic E-state index is 10.8. The van der Waals surface area contributed by atoms with Gasteiger partial charge in [-0.3, -0.25) is 4.79 Å². The molecule has 1 heterocycles. The van der Waals surface area contributed by atoms with Gasteiger partial charge in [-0.1, -0.05) is 18.2 Å². The van der Waals surface area contributed by atoms with Crippen LogP contribution in [0.3, 0.4) is 0 Å². The van der Waals surface area contributed by atoms with Gasteiger partial charge in [0.15, 0.2) is 0 Å². The van der Waals surface area contributed by atoms with Crippen molar-refractivity contribution in [2.45, 2.75) is 25.7 Å². The van der Waals surface area contributed by atoms with Crippen molar-refractivity contribution >= 4 is 6.29 Å². The fourth-order valence-electron chi connectivity index (χ4n) is 2.03. The van der Waals surface area contributed by atoms with Crippen molar-refractivity contribution in [3.63, 3.8) is 0 Å². The minimum atomic E-state index is 0.540. The number of aldehydes is 1. The fourth-order valence-corrected chi connectivity index (χ4v) is 2.03. The zero-order valence-electron chi connectivity index (χ0n) is 10.3. The monoisotopic (exact) mass is 238 g/mol. The Balaban J connectivity index is 2.06. The van der Waals surface area contributed by atoms with E-state index in [1.165, 1.54) is 12.8 Å². The third-order valence-corrected chi connectivity index (χ3v) is 3.13. The molecule has 1 fully saturated rings. The smallest absolute Gasteiger partial charge is 0.150 e. The quantitative estimate of drug-likeness (QED) is 0.771. The molecule has 3 nitrogen and oxygen atoms in total. The van der Waals surface area contributed by atoms with Gasteiger partial charge < -0.3 is 0 Å². The molecule has 1 aliphatic carbocycles. The van der Waals surface area contributed by atoms with Crippen LogP contribution in [0, 0.1) is 6.92 Å². The van der Waals surface area contributed by atoms with Crippen LogP contribution in [0.4, 0.5) is 0 Å². The summed E-state index contributed by atoms with van der Waals surface area (Å²) in [5.74, 6) is 1.49. The van der Waals surface area contributed by atoms with Crippen LogP contribution < -0.4 is 0 Å². The molecule has 90 valence electrons. The van der Waals surface area contributed by atoms with Crippen molar-refractivity contribution in [2.24, 2.45) is 0 Å². The van der Waals surface area contributed by atoms with Crippen LogP contribution in [0.2, 0.25) is 0 Å². The highest BCUT2D eigenvalue weighted by Crippen LogP contribution is 2.38. The van der Waals surface area contributed by atoms with Gasteiger partial charge in [-0.2, -0.15) is 0 Å². The number of aromatic nitrogens is 2. The Kier molecular flexibility index (Phi) is 2.67. The molecule has 3 rings (SSSR count). The zero-order chi connectivity index (χ0) is 12.5. The van der Waals surface area contributed by atoms with E-state index in [0.29, 0.717) is 11.5 Å². The average molecular weight is 238 g/mol. The molecule has 0 atom stereocenters. The summed E-state index contributed by atoms with van der Waals surface area (Å²) in [5, 5.41) is 0. The molecule has 0 aliphatic heterocycles. The Labute approximate surface area is 106 Å². The fraction of sp³-hybridized carbons (Fsp3) is 0.267. The van der Waals surface area contributed by atoms with Crippen LogP contribution in [0.5, 0.6) is 0 Å². The highest BCUT2D eigenvalue weighted by molar-refractivity contribution is 5.78. The molecule has 1 aromatic carbocycles. The molecule has 0 radical (unpaired) electrons. The van der Waals surface area contributed by atoms with Crippen molar-refractivity contribution in [3.05, 3.63) is 47.4 Å². The van der Waals surface area contributed by atoms with E-state index in [-0.39, 0.29) is 0 Å². The van der Waals surface area contributed by atoms with E-state index in [1.54, 1.807) is 6.07 Å². The Bertz CT molecular complexity index is 603. The molecule has 0 spiro atoms. The number of rotatable bonds is 3. The number of benzene rings is 1. The first-order valence-corrected chi connectivity index (χ1v) is 6.17. The zero-order valence-corrected chi connectivity index (χ0v) is 10.3. The molecular formula is C15H14N2O. The van der Waals surface area contributed by atoms with Crippen LogP contribution in [-0.4, -0.2) is 16.3 Å². The van der Waals surface area contributed by atoms with Crippen LogP contribution in [-0.2, 0) is 0 Å². The Hall–Kier alpha value is -2.03. The lowest BCUT2D eigenvalue weighted by Crippen LogP contribution is -1.97. The number of aryl methyl sites for hydroxylation is 1. The normalized spacial score (nSPS) is 14.5. The maximum absolute atomic E-state index is 10.8. The van der Waals surface area contributed by atoms with Gasteiger partial charge in [0.25, 0.3) is 0 Å². The number of hydrogen-bond acceptors (Lipinski definition) is 3. The van der Waals surface area contributed by atoms with Crippen molar-refractivity contribution in [2.75, 3.05) is 0 Å². The summed E-state index contributed by atoms with van der Waals surface area (Å²) in [6.45, 7) is 1.99. The summed E-state index contributed by atoms with van der Waals surface area (Å²) >= 11 is 0. The molecule has 0 N–H and O–H groups in total. The Morgan fingerprint density at radius 2 is 2.06 bits per heavy atom. The molecule has 0 amide bonds. The SMILES string of the molecule is Cc1cc(-c2cccc(C=O)c2)nc(C2CC2)n1. The van der Waals surface area contributed by atoms with Gasteiger partial charge in [0.05, 0.1) is 5.69 Å². The topological polar surface area (TPSA) is 42.9 Å². The lowest BCUT2D eigenvalue weighted by molar-refractivity contribution is 0.112. The summed E-state index contributed by atoms with van der Waals surface area (Å²) in [5.41, 5.74) is 3.55. The number of carbonyl (C=O) groups is 1. The molecule has 0 bridgehead atoms. The molecule has 1 saturated carbocycles. The highest BCUT2D eigenvalue weighted by Gasteiger charge is 2.27. The van der Waals surface area contributed by atoms with Crippen LogP contribution in [0.25, 0.3) is 11.3 Å². The summed E-state index contributed by atoms with van der Waals surface area (Å²) in [6, 6.07) is 9.49. The minimum Gasteiger partial charge on any atom is -0.298 e. The van der Waals surface area contributed by atoms with Gasteiger partial charge >= 0.3 is 0 Å². The van der Waals surface area contributed by atoms with Gasteiger partial charge in [0.2, 0.25) is 0 Å². The first kappa shape index (κ1) is 11.1. The summed E-state index contributed by atoms with van der Waals surface area (Å²) < 4.78 is 0. The van der Waals surface area contributed by atoms with Crippen molar-refractivity contribution in [1.82, 2.24) is 9.97 Å². The summed E-state index contributed by atoms with van der Waals surface area (Å²) in [6.07, 6.45) is 3.24. The number of hydrogen-bond donors (Lipinski definition) is 0. The van der Waals surface area contributed by atoms with Crippen LogP contribution in [0.1, 0.15) is 40.6 Å². The Morgan fingerprint density at radius 3 is 2.78 bits per heavy atom. The minimum absolute atomic E-state index is 0.540. The van der Waals surface area contributed by atoms with Crippen molar-refractivity contribution < 1.29 is 4.79 Å². The number of carbonyl (C=O) groups excluding carboxylic acids is 1. The molecule has 18 heavy (non-hydrogen) atoms. The largest absolute Gasteiger partial charge is 0.298 e. The molecule has 0 unspecified atom stereocenters. The lowest BCUT2D eigenvalue weighted by atomic mass is 10.1.